The summed E-state index contributed by atoms with van der Waals surface area (Å²) in [5.74, 6) is -5.96. The van der Waals surface area contributed by atoms with Crippen LogP contribution < -0.4 is 5.32 Å². The monoisotopic (exact) mass is 753 g/mol. The molecule has 0 bridgehead atoms. The summed E-state index contributed by atoms with van der Waals surface area (Å²) in [4.78, 5) is 51.5. The molecule has 2 aliphatic heterocycles. The molecule has 52 heavy (non-hydrogen) atoms. The predicted octanol–water partition coefficient (Wildman–Crippen LogP) is -2.29. The predicted molar refractivity (Wildman–Crippen MR) is 173 cm³/mol. The van der Waals surface area contributed by atoms with Gasteiger partial charge in [0.05, 0.1) is 37.3 Å². The number of carbonyl (C=O) groups excluding carboxylic acids is 3. The Morgan fingerprint density at radius 3 is 1.67 bits per heavy atom. The van der Waals surface area contributed by atoms with Crippen LogP contribution in [0.3, 0.4) is 0 Å². The number of carbonyl (C=O) groups is 4. The minimum absolute atomic E-state index is 0.282. The maximum absolute atomic E-state index is 13.6. The Morgan fingerprint density at radius 2 is 1.21 bits per heavy atom. The van der Waals surface area contributed by atoms with Crippen LogP contribution in [0.25, 0.3) is 0 Å². The lowest BCUT2D eigenvalue weighted by Gasteiger charge is -2.49. The van der Waals surface area contributed by atoms with Gasteiger partial charge in [0, 0.05) is 6.92 Å². The lowest BCUT2D eigenvalue weighted by Crippen LogP contribution is -2.68. The highest BCUT2D eigenvalue weighted by atomic mass is 16.7. The van der Waals surface area contributed by atoms with Crippen molar-refractivity contribution in [2.75, 3.05) is 13.2 Å². The summed E-state index contributed by atoms with van der Waals surface area (Å²) in [6, 6.07) is -1.48. The average molecular weight is 754 g/mol. The van der Waals surface area contributed by atoms with Crippen molar-refractivity contribution in [3.8, 4) is 0 Å². The van der Waals surface area contributed by atoms with E-state index in [1.54, 1.807) is 41.5 Å². The number of aliphatic hydroxyl groups is 6. The molecule has 1 saturated carbocycles. The summed E-state index contributed by atoms with van der Waals surface area (Å²) in [5.41, 5.74) is -1.93. The third-order valence-electron chi connectivity index (χ3n) is 8.69. The number of carboxylic acid groups (broad SMARTS) is 1. The number of aliphatic carboxylic acids is 1. The summed E-state index contributed by atoms with van der Waals surface area (Å²) in [6.45, 7) is 10.6. The molecule has 300 valence electrons. The van der Waals surface area contributed by atoms with Gasteiger partial charge in [-0.25, -0.2) is 4.79 Å². The Kier molecular flexibility index (Phi) is 14.9. The number of hydrogen-bond donors (Lipinski definition) is 8. The SMILES string of the molecule is CC(=O)N[C@@H]1[C@H](O[C@H]2C[C@H](C(=O)OC(C)(C)C)[C@@H](C(=O)OC(C)(C)C)C[C@H]2O[C@H](C)C(=O)O)O[C@@H](CO)[C@H](O)[C@@H]1O[C@@H]1O[C@@H](CO)[C@H](O)[C@H](O)[C@@H]1O. The van der Waals surface area contributed by atoms with E-state index in [0.29, 0.717) is 0 Å². The molecule has 19 heteroatoms. The van der Waals surface area contributed by atoms with E-state index in [1.165, 1.54) is 6.92 Å². The number of aliphatic hydroxyl groups excluding tert-OH is 6. The molecule has 0 aromatic heterocycles. The van der Waals surface area contributed by atoms with Crippen molar-refractivity contribution < 1.29 is 88.1 Å². The van der Waals surface area contributed by atoms with Crippen LogP contribution in [0, 0.1) is 11.8 Å². The van der Waals surface area contributed by atoms with E-state index in [9.17, 15) is 54.9 Å². The zero-order chi connectivity index (χ0) is 39.5. The number of nitrogens with one attached hydrogen (secondary N) is 1. The van der Waals surface area contributed by atoms with Gasteiger partial charge in [0.15, 0.2) is 18.7 Å². The van der Waals surface area contributed by atoms with Gasteiger partial charge in [0.2, 0.25) is 5.91 Å². The maximum atomic E-state index is 13.6. The molecule has 8 N–H and O–H groups in total. The molecule has 0 unspecified atom stereocenters. The van der Waals surface area contributed by atoms with Crippen LogP contribution in [0.2, 0.25) is 0 Å². The summed E-state index contributed by atoms with van der Waals surface area (Å²) < 4.78 is 40.7. The number of ether oxygens (including phenoxy) is 7. The van der Waals surface area contributed by atoms with E-state index in [4.69, 9.17) is 33.2 Å². The van der Waals surface area contributed by atoms with Crippen LogP contribution in [0.4, 0.5) is 0 Å². The van der Waals surface area contributed by atoms with Crippen molar-refractivity contribution in [3.05, 3.63) is 0 Å². The van der Waals surface area contributed by atoms with Crippen LogP contribution >= 0.6 is 0 Å². The van der Waals surface area contributed by atoms with Crippen LogP contribution in [-0.4, -0.2) is 164 Å². The van der Waals surface area contributed by atoms with Crippen molar-refractivity contribution in [1.82, 2.24) is 5.32 Å². The molecule has 0 aromatic rings. The summed E-state index contributed by atoms with van der Waals surface area (Å²) in [7, 11) is 0. The zero-order valence-corrected chi connectivity index (χ0v) is 30.6. The van der Waals surface area contributed by atoms with Gasteiger partial charge in [-0.1, -0.05) is 0 Å². The Labute approximate surface area is 301 Å². The van der Waals surface area contributed by atoms with Crippen LogP contribution in [0.15, 0.2) is 0 Å². The maximum Gasteiger partial charge on any atom is 0.332 e. The molecule has 15 atom stereocenters. The number of hydrogen-bond acceptors (Lipinski definition) is 17. The molecule has 0 spiro atoms. The smallest absolute Gasteiger partial charge is 0.332 e. The number of amides is 1. The van der Waals surface area contributed by atoms with Gasteiger partial charge in [-0.15, -0.1) is 0 Å². The van der Waals surface area contributed by atoms with E-state index in [2.05, 4.69) is 5.32 Å². The Hall–Kier alpha value is -2.56. The summed E-state index contributed by atoms with van der Waals surface area (Å²) in [6.07, 6.45) is -19.7. The molecular weight excluding hydrogens is 698 g/mol. The fraction of sp³-hybridized carbons (Fsp3) is 0.879. The van der Waals surface area contributed by atoms with Crippen molar-refractivity contribution in [1.29, 1.82) is 0 Å². The average Bonchev–Trinajstić information content (AvgIpc) is 3.02. The Morgan fingerprint density at radius 1 is 0.731 bits per heavy atom. The molecule has 2 saturated heterocycles. The van der Waals surface area contributed by atoms with Gasteiger partial charge in [-0.05, 0) is 61.3 Å². The van der Waals surface area contributed by atoms with Gasteiger partial charge in [-0.2, -0.15) is 0 Å². The molecule has 0 radical (unpaired) electrons. The second-order valence-electron chi connectivity index (χ2n) is 15.3. The van der Waals surface area contributed by atoms with Crippen molar-refractivity contribution in [2.24, 2.45) is 11.8 Å². The molecular formula is C33H55NO18. The van der Waals surface area contributed by atoms with Crippen molar-refractivity contribution >= 4 is 23.8 Å². The van der Waals surface area contributed by atoms with E-state index < -0.39 is 140 Å². The molecule has 1 amide bonds. The van der Waals surface area contributed by atoms with Gasteiger partial charge < -0.3 is 74.2 Å². The number of esters is 2. The second kappa shape index (κ2) is 17.7. The number of carboxylic acids is 1. The molecule has 3 fully saturated rings. The number of rotatable bonds is 12. The van der Waals surface area contributed by atoms with Crippen LogP contribution in [0.5, 0.6) is 0 Å². The van der Waals surface area contributed by atoms with Gasteiger partial charge in [0.25, 0.3) is 0 Å². The summed E-state index contributed by atoms with van der Waals surface area (Å²) in [5, 5.41) is 74.4. The minimum atomic E-state index is -1.91. The highest BCUT2D eigenvalue weighted by Gasteiger charge is 2.54. The van der Waals surface area contributed by atoms with E-state index in [-0.39, 0.29) is 12.8 Å². The Balaban J connectivity index is 2.05. The topological polar surface area (TPSA) is 287 Å². The highest BCUT2D eigenvalue weighted by Crippen LogP contribution is 2.40. The molecule has 0 aromatic carbocycles. The van der Waals surface area contributed by atoms with Crippen molar-refractivity contribution in [3.63, 3.8) is 0 Å². The van der Waals surface area contributed by atoms with Gasteiger partial charge in [-0.3, -0.25) is 14.4 Å². The first kappa shape index (κ1) is 43.8. The Bertz CT molecular complexity index is 1230. The first-order valence-electron chi connectivity index (χ1n) is 17.1. The first-order valence-corrected chi connectivity index (χ1v) is 17.1. The fourth-order valence-corrected chi connectivity index (χ4v) is 6.26. The highest BCUT2D eigenvalue weighted by molar-refractivity contribution is 5.83. The van der Waals surface area contributed by atoms with E-state index >= 15 is 0 Å². The quantitative estimate of drug-likeness (QED) is 0.0973. The third-order valence-corrected chi connectivity index (χ3v) is 8.69. The molecule has 19 nitrogen and oxygen atoms in total. The van der Waals surface area contributed by atoms with Gasteiger partial charge >= 0.3 is 17.9 Å². The summed E-state index contributed by atoms with van der Waals surface area (Å²) >= 11 is 0. The van der Waals surface area contributed by atoms with Crippen LogP contribution in [0.1, 0.15) is 68.2 Å². The van der Waals surface area contributed by atoms with Gasteiger partial charge in [0.1, 0.15) is 60.0 Å². The molecule has 1 aliphatic carbocycles. The zero-order valence-electron chi connectivity index (χ0n) is 30.6. The lowest BCUT2D eigenvalue weighted by atomic mass is 9.75. The fourth-order valence-electron chi connectivity index (χ4n) is 6.26. The third kappa shape index (κ3) is 11.2. The molecule has 3 rings (SSSR count). The largest absolute Gasteiger partial charge is 0.479 e. The van der Waals surface area contributed by atoms with Crippen molar-refractivity contribution in [2.45, 2.75) is 159 Å². The molecule has 2 heterocycles. The second-order valence-corrected chi connectivity index (χ2v) is 15.3. The standard InChI is InChI=1S/C33H55NO18/c1-13(27(42)43)46-17-9-15(28(44)51-32(3,4)5)16(29(45)52-33(6,7)8)10-18(17)47-30-21(34-14(2)37)26(23(39)20(12-36)48-30)50-31-25(41)24(40)22(38)19(11-35)49-31/h13,15-26,30-31,35-36,38-41H,9-12H2,1-8H3,(H,34,37)(H,42,43)/t13-,15+,16+,17-,18+,19+,20+,21+,22+,23+,24+,25+,26-,30-,31+/m1/s1. The first-order chi connectivity index (χ1) is 24.0. The van der Waals surface area contributed by atoms with Crippen LogP contribution in [-0.2, 0) is 52.3 Å². The van der Waals surface area contributed by atoms with E-state index in [0.717, 1.165) is 6.92 Å². The van der Waals surface area contributed by atoms with E-state index in [1.807, 2.05) is 0 Å². The normalized spacial score (nSPS) is 37.8. The minimum Gasteiger partial charge on any atom is -0.479 e. The lowest BCUT2D eigenvalue weighted by molar-refractivity contribution is -0.350. The molecule has 3 aliphatic rings.